The molecule has 1 atom stereocenters. The number of anilines is 1. The van der Waals surface area contributed by atoms with E-state index in [9.17, 15) is 0 Å². The zero-order valence-electron chi connectivity index (χ0n) is 13.1. The fourth-order valence-electron chi connectivity index (χ4n) is 2.81. The summed E-state index contributed by atoms with van der Waals surface area (Å²) in [6.07, 6.45) is 0. The SMILES string of the molecule is Cc1cc2nc(N3CCN(C(C)CN)CC3)sc2cc1C. The van der Waals surface area contributed by atoms with E-state index in [1.807, 2.05) is 11.3 Å². The minimum atomic E-state index is 0.479. The van der Waals surface area contributed by atoms with Gasteiger partial charge in [-0.15, -0.1) is 0 Å². The smallest absolute Gasteiger partial charge is 0.186 e. The molecule has 0 aliphatic carbocycles. The molecule has 2 heterocycles. The van der Waals surface area contributed by atoms with Crippen molar-refractivity contribution in [3.8, 4) is 0 Å². The highest BCUT2D eigenvalue weighted by Crippen LogP contribution is 2.31. The molecule has 114 valence electrons. The van der Waals surface area contributed by atoms with Gasteiger partial charge < -0.3 is 10.6 Å². The summed E-state index contributed by atoms with van der Waals surface area (Å²) < 4.78 is 1.30. The number of piperazine rings is 1. The molecule has 0 saturated carbocycles. The maximum Gasteiger partial charge on any atom is 0.186 e. The summed E-state index contributed by atoms with van der Waals surface area (Å²) in [4.78, 5) is 9.71. The third-order valence-corrected chi connectivity index (χ3v) is 5.62. The number of thiazole rings is 1. The molecule has 1 aliphatic rings. The molecule has 1 fully saturated rings. The molecule has 0 bridgehead atoms. The lowest BCUT2D eigenvalue weighted by Crippen LogP contribution is -2.51. The molecule has 2 aromatic rings. The highest BCUT2D eigenvalue weighted by atomic mass is 32.1. The van der Waals surface area contributed by atoms with Crippen molar-refractivity contribution in [3.63, 3.8) is 0 Å². The van der Waals surface area contributed by atoms with Gasteiger partial charge in [-0.25, -0.2) is 4.98 Å². The van der Waals surface area contributed by atoms with Crippen molar-refractivity contribution in [2.45, 2.75) is 26.8 Å². The van der Waals surface area contributed by atoms with E-state index in [2.05, 4.69) is 42.7 Å². The summed E-state index contributed by atoms with van der Waals surface area (Å²) in [6.45, 7) is 11.5. The van der Waals surface area contributed by atoms with E-state index >= 15 is 0 Å². The van der Waals surface area contributed by atoms with Gasteiger partial charge in [-0.3, -0.25) is 4.90 Å². The number of benzene rings is 1. The molecular formula is C16H24N4S. The molecule has 1 saturated heterocycles. The highest BCUT2D eigenvalue weighted by Gasteiger charge is 2.22. The first kappa shape index (κ1) is 14.8. The van der Waals surface area contributed by atoms with Crippen molar-refractivity contribution < 1.29 is 0 Å². The Morgan fingerprint density at radius 2 is 1.86 bits per heavy atom. The van der Waals surface area contributed by atoms with Crippen LogP contribution < -0.4 is 10.6 Å². The van der Waals surface area contributed by atoms with Crippen LogP contribution in [0.4, 0.5) is 5.13 Å². The minimum Gasteiger partial charge on any atom is -0.345 e. The summed E-state index contributed by atoms with van der Waals surface area (Å²) >= 11 is 1.81. The van der Waals surface area contributed by atoms with Gasteiger partial charge in [0.25, 0.3) is 0 Å². The van der Waals surface area contributed by atoms with E-state index in [0.717, 1.165) is 43.4 Å². The molecule has 0 radical (unpaired) electrons. The Morgan fingerprint density at radius 1 is 1.19 bits per heavy atom. The second kappa shape index (κ2) is 5.91. The van der Waals surface area contributed by atoms with Crippen molar-refractivity contribution >= 4 is 26.7 Å². The Kier molecular flexibility index (Phi) is 4.15. The van der Waals surface area contributed by atoms with Gasteiger partial charge in [0.2, 0.25) is 0 Å². The molecule has 0 amide bonds. The number of rotatable bonds is 3. The van der Waals surface area contributed by atoms with Crippen LogP contribution in [0.2, 0.25) is 0 Å². The van der Waals surface area contributed by atoms with Crippen molar-refractivity contribution in [3.05, 3.63) is 23.3 Å². The molecule has 3 rings (SSSR count). The lowest BCUT2D eigenvalue weighted by atomic mass is 10.1. The van der Waals surface area contributed by atoms with Crippen LogP contribution in [0.5, 0.6) is 0 Å². The van der Waals surface area contributed by atoms with Crippen LogP contribution in [-0.2, 0) is 0 Å². The Bertz CT molecular complexity index is 589. The van der Waals surface area contributed by atoms with E-state index < -0.39 is 0 Å². The van der Waals surface area contributed by atoms with Gasteiger partial charge in [-0.2, -0.15) is 0 Å². The van der Waals surface area contributed by atoms with Crippen LogP contribution in [0, 0.1) is 13.8 Å². The fraction of sp³-hybridized carbons (Fsp3) is 0.562. The largest absolute Gasteiger partial charge is 0.345 e. The van der Waals surface area contributed by atoms with E-state index in [1.54, 1.807) is 0 Å². The van der Waals surface area contributed by atoms with E-state index in [-0.39, 0.29) is 0 Å². The third kappa shape index (κ3) is 2.91. The molecule has 2 N–H and O–H groups in total. The summed E-state index contributed by atoms with van der Waals surface area (Å²) in [5.41, 5.74) is 9.56. The van der Waals surface area contributed by atoms with E-state index in [0.29, 0.717) is 6.04 Å². The quantitative estimate of drug-likeness (QED) is 0.946. The maximum absolute atomic E-state index is 5.76. The van der Waals surface area contributed by atoms with Gasteiger partial charge in [-0.05, 0) is 44.0 Å². The predicted molar refractivity (Wildman–Crippen MR) is 91.4 cm³/mol. The first-order valence-electron chi connectivity index (χ1n) is 7.65. The lowest BCUT2D eigenvalue weighted by Gasteiger charge is -2.37. The zero-order valence-corrected chi connectivity index (χ0v) is 13.9. The zero-order chi connectivity index (χ0) is 15.0. The van der Waals surface area contributed by atoms with Crippen molar-refractivity contribution in [2.24, 2.45) is 5.73 Å². The van der Waals surface area contributed by atoms with Gasteiger partial charge in [0.1, 0.15) is 0 Å². The summed E-state index contributed by atoms with van der Waals surface area (Å²) in [5.74, 6) is 0. The number of nitrogens with zero attached hydrogens (tertiary/aromatic N) is 3. The monoisotopic (exact) mass is 304 g/mol. The van der Waals surface area contributed by atoms with E-state index in [4.69, 9.17) is 10.7 Å². The Morgan fingerprint density at radius 3 is 2.52 bits per heavy atom. The third-order valence-electron chi connectivity index (χ3n) is 4.54. The molecule has 1 aromatic heterocycles. The van der Waals surface area contributed by atoms with Crippen molar-refractivity contribution in [2.75, 3.05) is 37.6 Å². The Balaban J connectivity index is 1.76. The van der Waals surface area contributed by atoms with Gasteiger partial charge >= 0.3 is 0 Å². The standard InChI is InChI=1S/C16H24N4S/c1-11-8-14-15(9-12(11)2)21-16(18-14)20-6-4-19(5-7-20)13(3)10-17/h8-9,13H,4-7,10,17H2,1-3H3. The number of hydrogen-bond acceptors (Lipinski definition) is 5. The topological polar surface area (TPSA) is 45.4 Å². The highest BCUT2D eigenvalue weighted by molar-refractivity contribution is 7.22. The van der Waals surface area contributed by atoms with Crippen LogP contribution in [0.15, 0.2) is 12.1 Å². The van der Waals surface area contributed by atoms with Gasteiger partial charge in [0.05, 0.1) is 10.2 Å². The molecule has 21 heavy (non-hydrogen) atoms. The summed E-state index contributed by atoms with van der Waals surface area (Å²) in [6, 6.07) is 4.95. The fourth-order valence-corrected chi connectivity index (χ4v) is 3.90. The molecule has 1 aliphatic heterocycles. The molecular weight excluding hydrogens is 280 g/mol. The molecule has 1 aromatic carbocycles. The number of hydrogen-bond donors (Lipinski definition) is 1. The van der Waals surface area contributed by atoms with Crippen LogP contribution in [0.25, 0.3) is 10.2 Å². The van der Waals surface area contributed by atoms with Gasteiger partial charge in [0, 0.05) is 38.8 Å². The first-order valence-corrected chi connectivity index (χ1v) is 8.47. The normalized spacial score (nSPS) is 18.4. The van der Waals surface area contributed by atoms with Crippen LogP contribution in [0.1, 0.15) is 18.1 Å². The number of aryl methyl sites for hydroxylation is 2. The molecule has 5 heteroatoms. The van der Waals surface area contributed by atoms with Gasteiger partial charge in [0.15, 0.2) is 5.13 Å². The Labute approximate surface area is 130 Å². The average Bonchev–Trinajstić information content (AvgIpc) is 2.90. The number of aromatic nitrogens is 1. The second-order valence-electron chi connectivity index (χ2n) is 6.01. The average molecular weight is 304 g/mol. The van der Waals surface area contributed by atoms with Crippen molar-refractivity contribution in [1.29, 1.82) is 0 Å². The van der Waals surface area contributed by atoms with Crippen LogP contribution >= 0.6 is 11.3 Å². The number of fused-ring (bicyclic) bond motifs is 1. The second-order valence-corrected chi connectivity index (χ2v) is 7.02. The summed E-state index contributed by atoms with van der Waals surface area (Å²) in [7, 11) is 0. The molecule has 0 spiro atoms. The molecule has 1 unspecified atom stereocenters. The predicted octanol–water partition coefficient (Wildman–Crippen LogP) is 2.38. The van der Waals surface area contributed by atoms with Crippen LogP contribution in [0.3, 0.4) is 0 Å². The van der Waals surface area contributed by atoms with Crippen LogP contribution in [-0.4, -0.2) is 48.6 Å². The summed E-state index contributed by atoms with van der Waals surface area (Å²) in [5, 5.41) is 1.16. The maximum atomic E-state index is 5.76. The minimum absolute atomic E-state index is 0.479. The van der Waals surface area contributed by atoms with Crippen molar-refractivity contribution in [1.82, 2.24) is 9.88 Å². The Hall–Kier alpha value is -1.17. The number of nitrogens with two attached hydrogens (primary N) is 1. The van der Waals surface area contributed by atoms with E-state index in [1.165, 1.54) is 15.8 Å². The lowest BCUT2D eigenvalue weighted by molar-refractivity contribution is 0.201. The molecule has 4 nitrogen and oxygen atoms in total. The first-order chi connectivity index (χ1) is 10.1. The van der Waals surface area contributed by atoms with Gasteiger partial charge in [-0.1, -0.05) is 11.3 Å².